The fourth-order valence-corrected chi connectivity index (χ4v) is 6.35. The molecule has 1 amide bonds. The van der Waals surface area contributed by atoms with E-state index in [4.69, 9.17) is 0 Å². The zero-order valence-electron chi connectivity index (χ0n) is 17.2. The highest BCUT2D eigenvalue weighted by Gasteiger charge is 2.32. The van der Waals surface area contributed by atoms with Crippen LogP contribution in [0.15, 0.2) is 17.2 Å². The van der Waals surface area contributed by atoms with Gasteiger partial charge in [-0.15, -0.1) is 0 Å². The lowest BCUT2D eigenvalue weighted by atomic mass is 10.1. The predicted molar refractivity (Wildman–Crippen MR) is 110 cm³/mol. The third kappa shape index (κ3) is 4.68. The number of carbonyl (C=O) groups excluding carboxylic acids is 1. The van der Waals surface area contributed by atoms with Crippen molar-refractivity contribution < 1.29 is 21.6 Å². The number of carbonyl (C=O) groups is 1. The van der Waals surface area contributed by atoms with Gasteiger partial charge in [0.05, 0.1) is 6.26 Å². The minimum absolute atomic E-state index is 0.127. The minimum Gasteiger partial charge on any atom is -0.345 e. The van der Waals surface area contributed by atoms with Crippen LogP contribution in [0.3, 0.4) is 0 Å². The number of piperidine rings is 2. The minimum atomic E-state index is -3.60. The molecule has 0 unspecified atom stereocenters. The van der Waals surface area contributed by atoms with E-state index in [1.54, 1.807) is 23.6 Å². The Labute approximate surface area is 173 Å². The van der Waals surface area contributed by atoms with E-state index in [0.29, 0.717) is 44.7 Å². The molecule has 0 aliphatic carbocycles. The van der Waals surface area contributed by atoms with Crippen LogP contribution in [0, 0.1) is 0 Å². The van der Waals surface area contributed by atoms with E-state index in [2.05, 4.69) is 0 Å². The Morgan fingerprint density at radius 1 is 1.03 bits per heavy atom. The Morgan fingerprint density at radius 2 is 1.62 bits per heavy atom. The molecule has 0 radical (unpaired) electrons. The number of nitrogens with zero attached hydrogens (tertiary/aromatic N) is 4. The van der Waals surface area contributed by atoms with Crippen LogP contribution in [0.25, 0.3) is 0 Å². The lowest BCUT2D eigenvalue weighted by Crippen LogP contribution is -2.47. The van der Waals surface area contributed by atoms with E-state index in [-0.39, 0.29) is 16.8 Å². The van der Waals surface area contributed by atoms with Crippen molar-refractivity contribution in [1.29, 1.82) is 0 Å². The smallest absolute Gasteiger partial charge is 0.270 e. The molecular weight excluding hydrogens is 416 g/mol. The van der Waals surface area contributed by atoms with Crippen LogP contribution < -0.4 is 0 Å². The molecule has 0 bridgehead atoms. The van der Waals surface area contributed by atoms with Gasteiger partial charge in [0.1, 0.15) is 10.6 Å². The third-order valence-corrected chi connectivity index (χ3v) is 9.15. The van der Waals surface area contributed by atoms with Gasteiger partial charge in [-0.05, 0) is 31.7 Å². The van der Waals surface area contributed by atoms with Crippen molar-refractivity contribution >= 4 is 26.0 Å². The van der Waals surface area contributed by atoms with Gasteiger partial charge in [-0.3, -0.25) is 4.79 Å². The van der Waals surface area contributed by atoms with E-state index in [9.17, 15) is 21.6 Å². The molecule has 11 heteroatoms. The second-order valence-corrected chi connectivity index (χ2v) is 11.9. The Balaban J connectivity index is 1.71. The first-order valence-corrected chi connectivity index (χ1v) is 13.2. The first-order valence-electron chi connectivity index (χ1n) is 9.90. The molecule has 0 atom stereocenters. The molecule has 0 aromatic carbocycles. The predicted octanol–water partition coefficient (Wildman–Crippen LogP) is 0.696. The average Bonchev–Trinajstić information content (AvgIpc) is 3.09. The lowest BCUT2D eigenvalue weighted by Gasteiger charge is -2.35. The number of sulfonamides is 2. The largest absolute Gasteiger partial charge is 0.345 e. The summed E-state index contributed by atoms with van der Waals surface area (Å²) in [7, 11) is -3.63. The van der Waals surface area contributed by atoms with Crippen LogP contribution in [0.4, 0.5) is 0 Å². The van der Waals surface area contributed by atoms with E-state index in [1.807, 2.05) is 0 Å². The maximum Gasteiger partial charge on any atom is 0.270 e. The van der Waals surface area contributed by atoms with Gasteiger partial charge in [-0.25, -0.2) is 21.1 Å². The van der Waals surface area contributed by atoms with E-state index >= 15 is 0 Å². The molecule has 9 nitrogen and oxygen atoms in total. The van der Waals surface area contributed by atoms with Crippen LogP contribution in [0.5, 0.6) is 0 Å². The summed E-state index contributed by atoms with van der Waals surface area (Å²) >= 11 is 0. The summed E-state index contributed by atoms with van der Waals surface area (Å²) in [6, 6.07) is 1.33. The molecule has 2 saturated heterocycles. The fraction of sp³-hybridized carbons (Fsp3) is 0.722. The summed E-state index contributed by atoms with van der Waals surface area (Å²) in [5, 5.41) is 0. The van der Waals surface area contributed by atoms with Crippen LogP contribution in [-0.2, 0) is 27.1 Å². The maximum atomic E-state index is 13.0. The van der Waals surface area contributed by atoms with Gasteiger partial charge >= 0.3 is 0 Å². The highest BCUT2D eigenvalue weighted by atomic mass is 32.2. The summed E-state index contributed by atoms with van der Waals surface area (Å²) in [6.07, 6.45) is 6.54. The maximum absolute atomic E-state index is 13.0. The Bertz CT molecular complexity index is 956. The molecule has 2 aliphatic heterocycles. The lowest BCUT2D eigenvalue weighted by molar-refractivity contribution is 0.0676. The molecule has 0 spiro atoms. The SMILES string of the molecule is CN(C1CCN(C(=O)c2cc(S(=O)(=O)N3CCCCC3)cn2C)CC1)S(C)(=O)=O. The van der Waals surface area contributed by atoms with Crippen LogP contribution in [0.1, 0.15) is 42.6 Å². The summed E-state index contributed by atoms with van der Waals surface area (Å²) in [4.78, 5) is 14.8. The Morgan fingerprint density at radius 3 is 2.17 bits per heavy atom. The zero-order chi connectivity index (χ0) is 21.4. The highest BCUT2D eigenvalue weighted by Crippen LogP contribution is 2.24. The van der Waals surface area contributed by atoms with Gasteiger partial charge in [-0.2, -0.15) is 4.31 Å². The molecule has 0 N–H and O–H groups in total. The van der Waals surface area contributed by atoms with Gasteiger partial charge in [0.15, 0.2) is 0 Å². The normalized spacial score (nSPS) is 20.3. The summed E-state index contributed by atoms with van der Waals surface area (Å²) in [5.41, 5.74) is 0.329. The van der Waals surface area contributed by atoms with Gasteiger partial charge in [0.2, 0.25) is 20.0 Å². The van der Waals surface area contributed by atoms with Crippen molar-refractivity contribution in [3.63, 3.8) is 0 Å². The number of aromatic nitrogens is 1. The average molecular weight is 447 g/mol. The van der Waals surface area contributed by atoms with Gasteiger partial charge in [-0.1, -0.05) is 6.42 Å². The molecule has 3 heterocycles. The molecular formula is C18H30N4O5S2. The van der Waals surface area contributed by atoms with Crippen molar-refractivity contribution in [3.05, 3.63) is 18.0 Å². The molecule has 2 fully saturated rings. The first kappa shape index (κ1) is 22.3. The molecule has 3 rings (SSSR count). The van der Waals surface area contributed by atoms with Crippen molar-refractivity contribution in [2.45, 2.75) is 43.0 Å². The molecule has 29 heavy (non-hydrogen) atoms. The van der Waals surface area contributed by atoms with Crippen LogP contribution in [-0.4, -0.2) is 86.3 Å². The standard InChI is InChI=1S/C18H30N4O5S2/c1-19-14-16(29(26,27)22-9-5-4-6-10-22)13-17(19)18(23)21-11-7-15(8-12-21)20(2)28(3,24)25/h13-15H,4-12H2,1-3H3. The van der Waals surface area contributed by atoms with Crippen molar-refractivity contribution in [3.8, 4) is 0 Å². The third-order valence-electron chi connectivity index (χ3n) is 5.94. The van der Waals surface area contributed by atoms with Gasteiger partial charge in [0.25, 0.3) is 5.91 Å². The Hall–Kier alpha value is -1.43. The number of rotatable bonds is 5. The number of aryl methyl sites for hydroxylation is 1. The van der Waals surface area contributed by atoms with E-state index in [0.717, 1.165) is 19.3 Å². The quantitative estimate of drug-likeness (QED) is 0.663. The molecule has 2 aliphatic rings. The number of hydrogen-bond donors (Lipinski definition) is 0. The molecule has 1 aromatic rings. The number of likely N-dealkylation sites (tertiary alicyclic amines) is 1. The van der Waals surface area contributed by atoms with E-state index < -0.39 is 20.0 Å². The summed E-state index contributed by atoms with van der Waals surface area (Å²) in [5.74, 6) is -0.229. The fourth-order valence-electron chi connectivity index (χ4n) is 4.01. The molecule has 1 aromatic heterocycles. The monoisotopic (exact) mass is 446 g/mol. The highest BCUT2D eigenvalue weighted by molar-refractivity contribution is 7.89. The van der Waals surface area contributed by atoms with E-state index in [1.165, 1.54) is 27.1 Å². The second-order valence-electron chi connectivity index (χ2n) is 7.94. The van der Waals surface area contributed by atoms with Crippen molar-refractivity contribution in [2.24, 2.45) is 7.05 Å². The first-order chi connectivity index (χ1) is 13.5. The zero-order valence-corrected chi connectivity index (χ0v) is 18.9. The number of hydrogen-bond acceptors (Lipinski definition) is 5. The van der Waals surface area contributed by atoms with Crippen LogP contribution in [0.2, 0.25) is 0 Å². The molecule has 164 valence electrons. The topological polar surface area (TPSA) is 100 Å². The number of amides is 1. The van der Waals surface area contributed by atoms with Gasteiger partial charge < -0.3 is 9.47 Å². The van der Waals surface area contributed by atoms with Crippen molar-refractivity contribution in [2.75, 3.05) is 39.5 Å². The molecule has 0 saturated carbocycles. The van der Waals surface area contributed by atoms with Crippen molar-refractivity contribution in [1.82, 2.24) is 18.1 Å². The summed E-state index contributed by atoms with van der Waals surface area (Å²) in [6.45, 7) is 1.90. The Kier molecular flexibility index (Phi) is 6.42. The van der Waals surface area contributed by atoms with Crippen LogP contribution >= 0.6 is 0 Å². The summed E-state index contributed by atoms with van der Waals surface area (Å²) < 4.78 is 53.6. The van der Waals surface area contributed by atoms with Gasteiger partial charge in [0, 0.05) is 52.5 Å². The second kappa shape index (κ2) is 8.37.